The van der Waals surface area contributed by atoms with Gasteiger partial charge >= 0.3 is 0 Å². The summed E-state index contributed by atoms with van der Waals surface area (Å²) in [6, 6.07) is 68.2. The summed E-state index contributed by atoms with van der Waals surface area (Å²) in [4.78, 5) is 29.2. The molecule has 2 spiro atoms. The van der Waals surface area contributed by atoms with Gasteiger partial charge in [-0.25, -0.2) is 37.3 Å². The zero-order chi connectivity index (χ0) is 72.9. The summed E-state index contributed by atoms with van der Waals surface area (Å²) < 4.78 is 81.4. The van der Waals surface area contributed by atoms with Crippen molar-refractivity contribution in [2.45, 2.75) is 112 Å². The van der Waals surface area contributed by atoms with Gasteiger partial charge in [0.2, 0.25) is 11.4 Å². The quantitative estimate of drug-likeness (QED) is 0.0439. The van der Waals surface area contributed by atoms with Crippen LogP contribution in [0.25, 0.3) is 0 Å². The predicted octanol–water partition coefficient (Wildman–Crippen LogP) is 9.38. The maximum atomic E-state index is 12.4. The molecule has 2 saturated carbocycles. The van der Waals surface area contributed by atoms with Crippen molar-refractivity contribution in [2.75, 3.05) is 37.4 Å². The molecule has 0 amide bonds. The molecule has 8 aromatic carbocycles. The lowest BCUT2D eigenvalue weighted by Crippen LogP contribution is -2.68. The van der Waals surface area contributed by atoms with Crippen molar-refractivity contribution >= 4 is 77.4 Å². The Morgan fingerprint density at radius 1 is 0.437 bits per heavy atom. The zero-order valence-electron chi connectivity index (χ0n) is 56.8. The van der Waals surface area contributed by atoms with E-state index >= 15 is 0 Å². The summed E-state index contributed by atoms with van der Waals surface area (Å²) in [5.74, 6) is 0. The van der Waals surface area contributed by atoms with Crippen LogP contribution in [0, 0.1) is 40.7 Å². The third kappa shape index (κ3) is 15.7. The number of nitrogens with zero attached hydrogens (tertiary/aromatic N) is 6. The van der Waals surface area contributed by atoms with E-state index in [-0.39, 0.29) is 45.5 Å². The van der Waals surface area contributed by atoms with Crippen molar-refractivity contribution in [2.24, 2.45) is 0 Å². The summed E-state index contributed by atoms with van der Waals surface area (Å²) in [7, 11) is -5.66. The molecule has 0 aromatic heterocycles. The number of nitro benzene ring substituents is 2. The van der Waals surface area contributed by atoms with Crippen LogP contribution in [0.5, 0.6) is 0 Å². The number of halogens is 4. The van der Waals surface area contributed by atoms with E-state index in [1.165, 1.54) is 33.4 Å². The van der Waals surface area contributed by atoms with E-state index in [9.17, 15) is 20.2 Å². The van der Waals surface area contributed by atoms with Crippen molar-refractivity contribution in [3.63, 3.8) is 0 Å². The van der Waals surface area contributed by atoms with Crippen LogP contribution in [0.15, 0.2) is 251 Å². The molecule has 0 bridgehead atoms. The minimum atomic E-state index is -4.94. The lowest BCUT2D eigenvalue weighted by atomic mass is 9.67. The summed E-state index contributed by atoms with van der Waals surface area (Å²) in [5, 5.41) is 24.9. The molecule has 0 N–H and O–H groups in total. The van der Waals surface area contributed by atoms with Gasteiger partial charge in [0.15, 0.2) is 11.4 Å². The number of allylic oxidation sites excluding steroid dienone is 8. The second-order valence-electron chi connectivity index (χ2n) is 27.1. The molecule has 4 heterocycles. The molecule has 0 radical (unpaired) electrons. The van der Waals surface area contributed by atoms with Crippen molar-refractivity contribution < 1.29 is 81.5 Å². The molecular weight excluding hydrogens is 1480 g/mol. The van der Waals surface area contributed by atoms with Crippen LogP contribution in [0.1, 0.15) is 109 Å². The van der Waals surface area contributed by atoms with E-state index in [2.05, 4.69) is 271 Å². The van der Waals surface area contributed by atoms with Gasteiger partial charge < -0.3 is 14.5 Å². The summed E-state index contributed by atoms with van der Waals surface area (Å²) in [6.07, 6.45) is 26.7. The fourth-order valence-electron chi connectivity index (χ4n) is 17.2. The van der Waals surface area contributed by atoms with Gasteiger partial charge in [-0.1, -0.05) is 208 Å². The van der Waals surface area contributed by atoms with Crippen LogP contribution in [0.4, 0.5) is 34.1 Å². The van der Waals surface area contributed by atoms with Gasteiger partial charge in [-0.05, 0) is 141 Å². The molecule has 6 aliphatic rings. The SMILES string of the molecule is C[N+]1=C(C=CC=C2N(COCN3C(=CC=CC4=[N+](C)c5c(Br)cc([N+](=O)[O-])cc5C45CCCCC5)C(Cc4ccccc4)(Cc4ccccc4)c4ccccc43)c3ccccc3C2(Cc2ccccc2)Cc2ccccc2)C2(CCCCC2)c2cc([N+](=O)[O-])cc(Br)c21.[O-][Cl+3]([O-])([O-])[O-].[O-][Cl+3]([O-])([O-])[O-]. The molecule has 8 aromatic rings. The van der Waals surface area contributed by atoms with E-state index in [1.54, 1.807) is 12.1 Å². The minimum absolute atomic E-state index is 0.104. The summed E-state index contributed by atoms with van der Waals surface area (Å²) >= 11 is 7.63. The van der Waals surface area contributed by atoms with E-state index in [0.29, 0.717) is 0 Å². The number of para-hydroxylation sites is 2. The van der Waals surface area contributed by atoms with E-state index < -0.39 is 31.3 Å². The number of fused-ring (bicyclic) bond motifs is 6. The standard InChI is InChI=1S/C80H76Br2N6O5.2ClHO4/c1-83-71(77(43-21-7-22-44-77)65-47-61(87(89)90)49-67(81)75(65)83)39-25-41-73-79(51-57-27-9-3-10-28-57,52-58-29-11-4-12-30-58)63-35-17-19-37-69(63)85(73)55-93-56-86-70-38-20-18-36-64(70)80(53-59-31-13-5-14-32-59,54-60-33-15-6-16-34-60)74(86)42-26-40-72-78(45-23-8-24-46-78)66-48-62(88(91)92)50-68(82)76(66)84(72)2;2*2-1(3,4)5/h3-6,9-20,25-42,47-50H,7-8,21-24,43-46,51-56H2,1-2H3;2*(H,2,3,4,5)/q+2;;/p-2. The summed E-state index contributed by atoms with van der Waals surface area (Å²) in [6.45, 7) is 0.475. The number of rotatable bonds is 18. The van der Waals surface area contributed by atoms with Gasteiger partial charge in [0.05, 0.1) is 29.6 Å². The largest absolute Gasteiger partial charge is 0.340 e. The van der Waals surface area contributed by atoms with E-state index in [1.807, 2.05) is 12.1 Å². The number of hydrogen-bond acceptors (Lipinski definition) is 15. The van der Waals surface area contributed by atoms with E-state index in [4.69, 9.17) is 42.0 Å². The van der Waals surface area contributed by atoms with Crippen molar-refractivity contribution in [3.05, 3.63) is 316 Å². The molecular formula is C80H76Br2Cl2N6O13. The molecule has 0 saturated heterocycles. The molecule has 14 rings (SSSR count). The average Bonchev–Trinajstić information content (AvgIpc) is 1.59. The second kappa shape index (κ2) is 31.1. The first-order valence-electron chi connectivity index (χ1n) is 34.0. The van der Waals surface area contributed by atoms with Gasteiger partial charge in [-0.3, -0.25) is 20.2 Å². The third-order valence-electron chi connectivity index (χ3n) is 21.2. The number of benzene rings is 8. The Balaban J connectivity index is 0.000000937. The molecule has 0 unspecified atom stereocenters. The van der Waals surface area contributed by atoms with Crippen molar-refractivity contribution in [3.8, 4) is 0 Å². The topological polar surface area (TPSA) is 292 Å². The van der Waals surface area contributed by atoms with Gasteiger partial charge in [0.25, 0.3) is 11.4 Å². The van der Waals surface area contributed by atoms with Crippen LogP contribution in [-0.2, 0) is 52.1 Å². The van der Waals surface area contributed by atoms with Crippen LogP contribution in [0.2, 0.25) is 0 Å². The zero-order valence-corrected chi connectivity index (χ0v) is 61.4. The number of nitro groups is 2. The molecule has 2 fully saturated rings. The Morgan fingerprint density at radius 2 is 0.728 bits per heavy atom. The first-order chi connectivity index (χ1) is 49.3. The average molecular weight is 1560 g/mol. The molecule has 103 heavy (non-hydrogen) atoms. The van der Waals surface area contributed by atoms with Crippen LogP contribution in [-0.4, -0.2) is 58.0 Å². The van der Waals surface area contributed by atoms with Gasteiger partial charge in [0.1, 0.15) is 27.6 Å². The normalized spacial score (nSPS) is 18.3. The predicted molar refractivity (Wildman–Crippen MR) is 380 cm³/mol. The van der Waals surface area contributed by atoms with Gasteiger partial charge in [-0.2, -0.15) is 9.15 Å². The number of non-ortho nitro benzene ring substituents is 2. The van der Waals surface area contributed by atoms with Gasteiger partial charge in [0, 0.05) is 81.1 Å². The summed E-state index contributed by atoms with van der Waals surface area (Å²) in [5.41, 5.74) is 16.5. The Kier molecular flexibility index (Phi) is 22.5. The smallest absolute Gasteiger partial charge is 0.271 e. The molecule has 4 aliphatic heterocycles. The highest BCUT2D eigenvalue weighted by atomic mass is 79.9. The lowest BCUT2D eigenvalue weighted by Gasteiger charge is -2.36. The Hall–Kier alpha value is -8.36. The molecule has 19 nitrogen and oxygen atoms in total. The Bertz CT molecular complexity index is 4260. The van der Waals surface area contributed by atoms with Crippen molar-refractivity contribution in [1.29, 1.82) is 0 Å². The highest BCUT2D eigenvalue weighted by Gasteiger charge is 2.55. The highest BCUT2D eigenvalue weighted by Crippen LogP contribution is 2.57. The monoisotopic (exact) mass is 1560 g/mol. The van der Waals surface area contributed by atoms with Crippen LogP contribution < -0.4 is 47.1 Å². The highest BCUT2D eigenvalue weighted by molar-refractivity contribution is 9.11. The number of ether oxygens (including phenoxy) is 1. The molecule has 0 atom stereocenters. The molecule has 23 heteroatoms. The lowest BCUT2D eigenvalue weighted by molar-refractivity contribution is -2.00. The number of hydrogen-bond donors (Lipinski definition) is 0. The first kappa shape index (κ1) is 74.4. The molecule has 2 aliphatic carbocycles. The fourth-order valence-corrected chi connectivity index (χ4v) is 18.7. The van der Waals surface area contributed by atoms with Crippen LogP contribution >= 0.6 is 31.9 Å². The van der Waals surface area contributed by atoms with Gasteiger partial charge in [-0.15, -0.1) is 20.5 Å². The Labute approximate surface area is 619 Å². The third-order valence-corrected chi connectivity index (χ3v) is 22.4. The maximum absolute atomic E-state index is 12.4. The fraction of sp³-hybridized carbons (Fsp3) is 0.275. The first-order valence-corrected chi connectivity index (χ1v) is 38.1. The maximum Gasteiger partial charge on any atom is 0.271 e. The molecule has 532 valence electrons. The minimum Gasteiger partial charge on any atom is -0.340 e. The van der Waals surface area contributed by atoms with Crippen LogP contribution in [0.3, 0.4) is 0 Å². The number of anilines is 2. The van der Waals surface area contributed by atoms with E-state index in [0.717, 1.165) is 156 Å². The second-order valence-corrected chi connectivity index (χ2v) is 30.3. The van der Waals surface area contributed by atoms with Crippen molar-refractivity contribution in [1.82, 2.24) is 0 Å². The Morgan fingerprint density at radius 3 is 1.03 bits per heavy atom.